The van der Waals surface area contributed by atoms with Crippen molar-refractivity contribution < 1.29 is 9.90 Å². The Hall–Kier alpha value is -2.70. The van der Waals surface area contributed by atoms with Gasteiger partial charge in [-0.05, 0) is 94.2 Å². The number of aromatic nitrogens is 2. The van der Waals surface area contributed by atoms with Gasteiger partial charge in [-0.2, -0.15) is 5.10 Å². The van der Waals surface area contributed by atoms with Crippen LogP contribution in [0.4, 0.5) is 0 Å². The number of likely N-dealkylation sites (tertiary alicyclic amines) is 2. The molecule has 2 N–H and O–H groups in total. The maximum Gasteiger partial charge on any atom is 0.321 e. The molecule has 0 bridgehead atoms. The zero-order valence-electron chi connectivity index (χ0n) is 24.5. The average molecular weight is 545 g/mol. The van der Waals surface area contributed by atoms with Gasteiger partial charge < -0.3 is 10.0 Å². The van der Waals surface area contributed by atoms with Gasteiger partial charge >= 0.3 is 5.97 Å². The zero-order valence-corrected chi connectivity index (χ0v) is 24.5. The van der Waals surface area contributed by atoms with Crippen LogP contribution < -0.4 is 0 Å². The van der Waals surface area contributed by atoms with Crippen molar-refractivity contribution in [1.82, 2.24) is 20.0 Å². The van der Waals surface area contributed by atoms with E-state index in [1.165, 1.54) is 73.8 Å². The zero-order chi connectivity index (χ0) is 27.9. The van der Waals surface area contributed by atoms with E-state index in [1.54, 1.807) is 0 Å². The van der Waals surface area contributed by atoms with Gasteiger partial charge in [0.25, 0.3) is 0 Å². The first-order valence-corrected chi connectivity index (χ1v) is 15.7. The molecule has 2 unspecified atom stereocenters. The fourth-order valence-corrected chi connectivity index (χ4v) is 7.27. The molecule has 0 amide bonds. The molecule has 1 saturated carbocycles. The number of fused-ring (bicyclic) bond motifs is 1. The number of carbonyl (C=O) groups is 1. The summed E-state index contributed by atoms with van der Waals surface area (Å²) >= 11 is 0. The first-order chi connectivity index (χ1) is 19.5. The molecule has 3 heterocycles. The summed E-state index contributed by atoms with van der Waals surface area (Å²) in [5.41, 5.74) is 5.25. The molecule has 3 fully saturated rings. The van der Waals surface area contributed by atoms with Gasteiger partial charge in [0, 0.05) is 23.5 Å². The number of aryl methyl sites for hydroxylation is 1. The average Bonchev–Trinajstić information content (AvgIpc) is 3.63. The van der Waals surface area contributed by atoms with Gasteiger partial charge in [-0.3, -0.25) is 14.8 Å². The summed E-state index contributed by atoms with van der Waals surface area (Å²) in [4.78, 5) is 16.4. The number of aliphatic carboxylic acids is 1. The van der Waals surface area contributed by atoms with Gasteiger partial charge in [0.05, 0.1) is 5.52 Å². The van der Waals surface area contributed by atoms with Crippen LogP contribution in [0.15, 0.2) is 48.5 Å². The lowest BCUT2D eigenvalue weighted by Gasteiger charge is -2.33. The second-order valence-corrected chi connectivity index (χ2v) is 12.4. The monoisotopic (exact) mass is 544 g/mol. The van der Waals surface area contributed by atoms with Gasteiger partial charge in [-0.15, -0.1) is 0 Å². The van der Waals surface area contributed by atoms with Crippen molar-refractivity contribution in [2.75, 3.05) is 33.2 Å². The smallest absolute Gasteiger partial charge is 0.321 e. The van der Waals surface area contributed by atoms with Crippen LogP contribution in [0.25, 0.3) is 10.9 Å². The third-order valence-electron chi connectivity index (χ3n) is 9.55. The van der Waals surface area contributed by atoms with E-state index >= 15 is 0 Å². The summed E-state index contributed by atoms with van der Waals surface area (Å²) in [5.74, 6) is 0.885. The molecule has 2 aromatic carbocycles. The second-order valence-electron chi connectivity index (χ2n) is 12.4. The number of H-pyrrole nitrogens is 1. The Kier molecular flexibility index (Phi) is 9.92. The summed E-state index contributed by atoms with van der Waals surface area (Å²) in [5, 5.41) is 18.8. The minimum atomic E-state index is -0.615. The highest BCUT2D eigenvalue weighted by molar-refractivity contribution is 5.82. The maximum atomic E-state index is 11.8. The fraction of sp³-hybridized carbons (Fsp3) is 0.588. The van der Waals surface area contributed by atoms with Gasteiger partial charge in [0.15, 0.2) is 0 Å². The van der Waals surface area contributed by atoms with Crippen molar-refractivity contribution >= 4 is 16.9 Å². The molecule has 6 nitrogen and oxygen atoms in total. The van der Waals surface area contributed by atoms with Gasteiger partial charge in [0.1, 0.15) is 6.04 Å². The number of carboxylic acid groups (broad SMARTS) is 1. The third kappa shape index (κ3) is 6.95. The Morgan fingerprint density at radius 1 is 0.975 bits per heavy atom. The standard InChI is InChI=1S/C18H25NO2.C16H23N3/c20-18(21)17(15-9-5-2-6-10-15)19-12-11-16(13-19)14-7-3-1-4-8-14;1-3-4-12-5-6-14-15(11-12)17-18-16(14)13-7-9-19(2)10-8-13/h1,3-4,7-8,15-17H,2,5-6,9-13H2,(H,20,21);5-6,11,13H,3-4,7-10H2,1-2H3,(H,17,18). The minimum Gasteiger partial charge on any atom is -0.480 e. The second kappa shape index (κ2) is 13.8. The number of benzene rings is 2. The lowest BCUT2D eigenvalue weighted by Crippen LogP contribution is -2.45. The molecule has 216 valence electrons. The SMILES string of the molecule is CCCc1ccc2c(C3CCN(C)CC3)[nH]nc2c1.O=C(O)C(C1CCCCC1)N1CCC(c2ccccc2)C1. The summed E-state index contributed by atoms with van der Waals surface area (Å²) < 4.78 is 0. The number of rotatable bonds is 7. The number of hydrogen-bond donors (Lipinski definition) is 2. The van der Waals surface area contributed by atoms with Crippen molar-refractivity contribution in [2.24, 2.45) is 5.92 Å². The van der Waals surface area contributed by atoms with Crippen LogP contribution in [0.5, 0.6) is 0 Å². The molecule has 2 saturated heterocycles. The van der Waals surface area contributed by atoms with Crippen LogP contribution in [0, 0.1) is 5.92 Å². The Balaban J connectivity index is 0.000000162. The number of piperidine rings is 1. The molecule has 1 aromatic heterocycles. The maximum absolute atomic E-state index is 11.8. The molecule has 3 aromatic rings. The van der Waals surface area contributed by atoms with E-state index in [1.807, 2.05) is 6.07 Å². The highest BCUT2D eigenvalue weighted by Gasteiger charge is 2.38. The van der Waals surface area contributed by atoms with Crippen molar-refractivity contribution in [3.8, 4) is 0 Å². The van der Waals surface area contributed by atoms with Crippen molar-refractivity contribution in [3.05, 3.63) is 65.4 Å². The van der Waals surface area contributed by atoms with Gasteiger partial charge in [-0.25, -0.2) is 0 Å². The molecule has 40 heavy (non-hydrogen) atoms. The summed E-state index contributed by atoms with van der Waals surface area (Å²) in [6, 6.07) is 17.0. The minimum absolute atomic E-state index is 0.265. The van der Waals surface area contributed by atoms with Crippen LogP contribution in [0.1, 0.15) is 93.4 Å². The van der Waals surface area contributed by atoms with Crippen molar-refractivity contribution in [3.63, 3.8) is 0 Å². The van der Waals surface area contributed by atoms with E-state index in [9.17, 15) is 9.90 Å². The quantitative estimate of drug-likeness (QED) is 0.341. The van der Waals surface area contributed by atoms with E-state index in [4.69, 9.17) is 0 Å². The molecule has 0 radical (unpaired) electrons. The van der Waals surface area contributed by atoms with E-state index in [2.05, 4.69) is 76.4 Å². The largest absolute Gasteiger partial charge is 0.480 e. The van der Waals surface area contributed by atoms with Crippen LogP contribution in [0.2, 0.25) is 0 Å². The number of nitrogens with one attached hydrogen (secondary N) is 1. The first kappa shape index (κ1) is 28.8. The molecule has 6 rings (SSSR count). The number of nitrogens with zero attached hydrogens (tertiary/aromatic N) is 3. The molecule has 0 spiro atoms. The highest BCUT2D eigenvalue weighted by Crippen LogP contribution is 2.35. The Morgan fingerprint density at radius 2 is 1.70 bits per heavy atom. The Bertz CT molecular complexity index is 1210. The lowest BCUT2D eigenvalue weighted by atomic mass is 9.83. The van der Waals surface area contributed by atoms with Crippen LogP contribution in [0.3, 0.4) is 0 Å². The summed E-state index contributed by atoms with van der Waals surface area (Å²) in [7, 11) is 2.21. The molecule has 2 aliphatic heterocycles. The third-order valence-corrected chi connectivity index (χ3v) is 9.55. The number of carboxylic acids is 1. The van der Waals surface area contributed by atoms with Gasteiger partial charge in [-0.1, -0.05) is 75.1 Å². The topological polar surface area (TPSA) is 72.5 Å². The van der Waals surface area contributed by atoms with E-state index in [0.717, 1.165) is 44.3 Å². The summed E-state index contributed by atoms with van der Waals surface area (Å²) in [6.45, 7) is 6.43. The number of aromatic amines is 1. The van der Waals surface area contributed by atoms with Crippen LogP contribution in [-0.4, -0.2) is 70.3 Å². The van der Waals surface area contributed by atoms with Crippen molar-refractivity contribution in [1.29, 1.82) is 0 Å². The summed E-state index contributed by atoms with van der Waals surface area (Å²) in [6.07, 6.45) is 11.7. The number of hydrogen-bond acceptors (Lipinski definition) is 4. The predicted octanol–water partition coefficient (Wildman–Crippen LogP) is 6.83. The lowest BCUT2D eigenvalue weighted by molar-refractivity contribution is -0.145. The Labute approximate surface area is 240 Å². The van der Waals surface area contributed by atoms with Crippen LogP contribution >= 0.6 is 0 Å². The molecular formula is C34H48N4O2. The van der Waals surface area contributed by atoms with Crippen molar-refractivity contribution in [2.45, 2.75) is 89.0 Å². The first-order valence-electron chi connectivity index (χ1n) is 15.7. The molecular weight excluding hydrogens is 496 g/mol. The van der Waals surface area contributed by atoms with Crippen LogP contribution in [-0.2, 0) is 11.2 Å². The molecule has 6 heteroatoms. The highest BCUT2D eigenvalue weighted by atomic mass is 16.4. The Morgan fingerprint density at radius 3 is 2.40 bits per heavy atom. The predicted molar refractivity (Wildman–Crippen MR) is 163 cm³/mol. The van der Waals surface area contributed by atoms with Gasteiger partial charge in [0.2, 0.25) is 0 Å². The van der Waals surface area contributed by atoms with E-state index < -0.39 is 5.97 Å². The van der Waals surface area contributed by atoms with E-state index in [-0.39, 0.29) is 6.04 Å². The fourth-order valence-electron chi connectivity index (χ4n) is 7.27. The molecule has 2 atom stereocenters. The molecule has 3 aliphatic rings. The van der Waals surface area contributed by atoms with E-state index in [0.29, 0.717) is 17.8 Å². The molecule has 1 aliphatic carbocycles. The normalized spacial score (nSPS) is 22.2.